The molecule has 0 saturated carbocycles. The Morgan fingerprint density at radius 3 is 2.64 bits per heavy atom. The predicted molar refractivity (Wildman–Crippen MR) is 46.9 cm³/mol. The molecule has 0 aliphatic carbocycles. The molecule has 64 valence electrons. The van der Waals surface area contributed by atoms with Crippen molar-refractivity contribution in [2.75, 3.05) is 7.05 Å². The number of rotatable bonds is 2. The van der Waals surface area contributed by atoms with Crippen molar-refractivity contribution in [3.8, 4) is 0 Å². The molecule has 0 radical (unpaired) electrons. The lowest BCUT2D eigenvalue weighted by molar-refractivity contribution is -0.119. The van der Waals surface area contributed by atoms with Crippen molar-refractivity contribution in [2.45, 2.75) is 12.2 Å². The van der Waals surface area contributed by atoms with Crippen LogP contribution in [-0.4, -0.2) is 23.4 Å². The van der Waals surface area contributed by atoms with E-state index in [-0.39, 0.29) is 16.3 Å². The summed E-state index contributed by atoms with van der Waals surface area (Å²) in [5, 5.41) is 5.66. The Kier molecular flexibility index (Phi) is 4.44. The zero-order valence-electron chi connectivity index (χ0n) is 6.50. The van der Waals surface area contributed by atoms with Gasteiger partial charge in [-0.15, -0.1) is 0 Å². The Morgan fingerprint density at radius 1 is 1.73 bits per heavy atom. The summed E-state index contributed by atoms with van der Waals surface area (Å²) in [6.45, 7) is 1.72. The second-order valence-electron chi connectivity index (χ2n) is 1.84. The van der Waals surface area contributed by atoms with Crippen LogP contribution in [0.1, 0.15) is 6.92 Å². The van der Waals surface area contributed by atoms with Crippen LogP contribution in [0.5, 0.6) is 0 Å². The average Bonchev–Trinajstić information content (AvgIpc) is 2.02. The number of nitrogens with one attached hydrogen (secondary N) is 1. The molecule has 0 fully saturated rings. The van der Waals surface area contributed by atoms with Gasteiger partial charge in [-0.3, -0.25) is 4.79 Å². The molecule has 1 atom stereocenters. The molecule has 5 nitrogen and oxygen atoms in total. The first-order valence-corrected chi connectivity index (χ1v) is 3.91. The van der Waals surface area contributed by atoms with Gasteiger partial charge < -0.3 is 16.9 Å². The maximum absolute atomic E-state index is 10.9. The molecule has 0 aliphatic heterocycles. The number of carbonyl (C=O) groups excluding carboxylic acids is 1. The molecule has 0 aromatic carbocycles. The van der Waals surface area contributed by atoms with Crippen molar-refractivity contribution < 1.29 is 4.79 Å². The summed E-state index contributed by atoms with van der Waals surface area (Å²) < 4.78 is 0. The van der Waals surface area contributed by atoms with Crippen molar-refractivity contribution in [2.24, 2.45) is 16.7 Å². The first kappa shape index (κ1) is 10.1. The van der Waals surface area contributed by atoms with E-state index in [0.717, 1.165) is 11.8 Å². The van der Waals surface area contributed by atoms with E-state index in [0.29, 0.717) is 0 Å². The summed E-state index contributed by atoms with van der Waals surface area (Å²) in [5.74, 6) is 4.78. The van der Waals surface area contributed by atoms with Gasteiger partial charge in [0.25, 0.3) is 0 Å². The molecule has 5 N–H and O–H groups in total. The number of hydrazone groups is 1. The van der Waals surface area contributed by atoms with Crippen LogP contribution in [0.3, 0.4) is 0 Å². The highest BCUT2D eigenvalue weighted by Gasteiger charge is 2.12. The zero-order valence-corrected chi connectivity index (χ0v) is 7.31. The molecule has 0 bridgehead atoms. The molecular weight excluding hydrogens is 164 g/mol. The summed E-state index contributed by atoms with van der Waals surface area (Å²) in [7, 11) is 1.56. The van der Waals surface area contributed by atoms with Gasteiger partial charge in [0.15, 0.2) is 5.17 Å². The van der Waals surface area contributed by atoms with Gasteiger partial charge in [0.1, 0.15) is 0 Å². The minimum Gasteiger partial charge on any atom is -0.377 e. The van der Waals surface area contributed by atoms with Crippen molar-refractivity contribution in [1.82, 2.24) is 5.32 Å². The molecule has 0 aromatic rings. The predicted octanol–water partition coefficient (Wildman–Crippen LogP) is -0.957. The molecule has 0 spiro atoms. The fourth-order valence-corrected chi connectivity index (χ4v) is 1.12. The van der Waals surface area contributed by atoms with Gasteiger partial charge in [-0.05, 0) is 6.92 Å². The fraction of sp³-hybridized carbons (Fsp3) is 0.600. The molecular formula is C5H12N4OS. The number of hydrogen-bond donors (Lipinski definition) is 3. The van der Waals surface area contributed by atoms with Gasteiger partial charge in [0.2, 0.25) is 5.91 Å². The number of nitrogens with two attached hydrogens (primary N) is 2. The van der Waals surface area contributed by atoms with E-state index in [1.54, 1.807) is 14.0 Å². The fourth-order valence-electron chi connectivity index (χ4n) is 0.468. The third-order valence-electron chi connectivity index (χ3n) is 1.04. The zero-order chi connectivity index (χ0) is 8.85. The molecule has 1 unspecified atom stereocenters. The number of hydrogen-bond acceptors (Lipinski definition) is 4. The van der Waals surface area contributed by atoms with Crippen LogP contribution < -0.4 is 16.9 Å². The summed E-state index contributed by atoms with van der Waals surface area (Å²) in [4.78, 5) is 10.9. The second kappa shape index (κ2) is 4.84. The molecule has 6 heteroatoms. The SMILES string of the molecule is CNC(=O)C(C)SC(N)=NN. The number of carbonyl (C=O) groups is 1. The summed E-state index contributed by atoms with van der Waals surface area (Å²) >= 11 is 1.12. The van der Waals surface area contributed by atoms with Crippen molar-refractivity contribution in [3.63, 3.8) is 0 Å². The lowest BCUT2D eigenvalue weighted by Gasteiger charge is -2.06. The topological polar surface area (TPSA) is 93.5 Å². The lowest BCUT2D eigenvalue weighted by Crippen LogP contribution is -2.29. The van der Waals surface area contributed by atoms with Crippen molar-refractivity contribution >= 4 is 22.8 Å². The van der Waals surface area contributed by atoms with Gasteiger partial charge in [0, 0.05) is 7.05 Å². The van der Waals surface area contributed by atoms with Crippen LogP contribution in [-0.2, 0) is 4.79 Å². The Hall–Kier alpha value is -0.910. The Labute approximate surface area is 69.6 Å². The highest BCUT2D eigenvalue weighted by atomic mass is 32.2. The van der Waals surface area contributed by atoms with Crippen LogP contribution >= 0.6 is 11.8 Å². The first-order chi connectivity index (χ1) is 5.11. The minimum absolute atomic E-state index is 0.0957. The van der Waals surface area contributed by atoms with E-state index in [4.69, 9.17) is 11.6 Å². The molecule has 0 saturated heterocycles. The number of amidine groups is 1. The Bertz CT molecular complexity index is 170. The molecule has 0 heterocycles. The van der Waals surface area contributed by atoms with Crippen LogP contribution in [0.15, 0.2) is 5.10 Å². The number of thioether (sulfide) groups is 1. The highest BCUT2D eigenvalue weighted by Crippen LogP contribution is 2.08. The maximum Gasteiger partial charge on any atom is 0.233 e. The molecule has 0 rings (SSSR count). The summed E-state index contributed by atoms with van der Waals surface area (Å²) in [6.07, 6.45) is 0. The van der Waals surface area contributed by atoms with Gasteiger partial charge in [0.05, 0.1) is 5.25 Å². The van der Waals surface area contributed by atoms with Crippen LogP contribution in [0, 0.1) is 0 Å². The Balaban J connectivity index is 3.87. The van der Waals surface area contributed by atoms with E-state index in [2.05, 4.69) is 10.4 Å². The first-order valence-electron chi connectivity index (χ1n) is 3.03. The monoisotopic (exact) mass is 176 g/mol. The third kappa shape index (κ3) is 3.72. The molecule has 0 aliphatic rings. The van der Waals surface area contributed by atoms with E-state index in [1.807, 2.05) is 0 Å². The standard InChI is InChI=1S/C5H12N4OS/c1-3(4(10)8-2)11-5(6)9-7/h3H,7H2,1-2H3,(H2,6,9)(H,8,10). The molecule has 0 aromatic heterocycles. The minimum atomic E-state index is -0.257. The number of nitrogens with zero attached hydrogens (tertiary/aromatic N) is 1. The van der Waals surface area contributed by atoms with Crippen molar-refractivity contribution in [3.05, 3.63) is 0 Å². The van der Waals surface area contributed by atoms with Crippen LogP contribution in [0.2, 0.25) is 0 Å². The van der Waals surface area contributed by atoms with Crippen LogP contribution in [0.4, 0.5) is 0 Å². The Morgan fingerprint density at radius 2 is 2.27 bits per heavy atom. The normalized spacial score (nSPS) is 14.2. The van der Waals surface area contributed by atoms with Gasteiger partial charge in [-0.1, -0.05) is 11.8 Å². The van der Waals surface area contributed by atoms with E-state index in [9.17, 15) is 4.79 Å². The molecule has 1 amide bonds. The second-order valence-corrected chi connectivity index (χ2v) is 3.20. The lowest BCUT2D eigenvalue weighted by atomic mass is 10.4. The van der Waals surface area contributed by atoms with E-state index >= 15 is 0 Å². The van der Waals surface area contributed by atoms with Gasteiger partial charge in [-0.2, -0.15) is 5.10 Å². The third-order valence-corrected chi connectivity index (χ3v) is 1.95. The smallest absolute Gasteiger partial charge is 0.233 e. The summed E-state index contributed by atoms with van der Waals surface area (Å²) in [6, 6.07) is 0. The van der Waals surface area contributed by atoms with Gasteiger partial charge in [-0.25, -0.2) is 0 Å². The van der Waals surface area contributed by atoms with Crippen LogP contribution in [0.25, 0.3) is 0 Å². The quantitative estimate of drug-likeness (QED) is 0.219. The van der Waals surface area contributed by atoms with Gasteiger partial charge >= 0.3 is 0 Å². The summed E-state index contributed by atoms with van der Waals surface area (Å²) in [5.41, 5.74) is 5.27. The average molecular weight is 176 g/mol. The van der Waals surface area contributed by atoms with Crippen molar-refractivity contribution in [1.29, 1.82) is 0 Å². The largest absolute Gasteiger partial charge is 0.377 e. The van der Waals surface area contributed by atoms with E-state index in [1.165, 1.54) is 0 Å². The maximum atomic E-state index is 10.9. The van der Waals surface area contributed by atoms with E-state index < -0.39 is 0 Å². The number of amides is 1. The molecule has 11 heavy (non-hydrogen) atoms. The highest BCUT2D eigenvalue weighted by molar-refractivity contribution is 8.14.